The molecule has 0 aliphatic carbocycles. The van der Waals surface area contributed by atoms with Gasteiger partial charge in [0.1, 0.15) is 0 Å². The van der Waals surface area contributed by atoms with Crippen LogP contribution in [0, 0.1) is 0 Å². The number of rotatable bonds is 3. The van der Waals surface area contributed by atoms with Gasteiger partial charge < -0.3 is 10.0 Å². The van der Waals surface area contributed by atoms with E-state index in [9.17, 15) is 4.79 Å². The number of anilines is 2. The van der Waals surface area contributed by atoms with Gasteiger partial charge in [0.15, 0.2) is 5.13 Å². The Morgan fingerprint density at radius 3 is 3.04 bits per heavy atom. The number of aromatic nitrogens is 1. The number of nitrogens with zero attached hydrogens (tertiary/aromatic N) is 3. The Balaban J connectivity index is 1.60. The number of aliphatic hydroxyl groups is 1. The van der Waals surface area contributed by atoms with E-state index in [1.165, 1.54) is 11.3 Å². The maximum atomic E-state index is 12.9. The van der Waals surface area contributed by atoms with Gasteiger partial charge in [0, 0.05) is 53.3 Å². The minimum Gasteiger partial charge on any atom is -0.396 e. The van der Waals surface area contributed by atoms with E-state index in [0.717, 1.165) is 35.6 Å². The largest absolute Gasteiger partial charge is 0.396 e. The number of nitrogens with one attached hydrogen (secondary N) is 1. The minimum atomic E-state index is -0.176. The summed E-state index contributed by atoms with van der Waals surface area (Å²) in [6.45, 7) is 2.65. The van der Waals surface area contributed by atoms with Crippen molar-refractivity contribution in [3.63, 3.8) is 0 Å². The number of thiazole rings is 1. The normalized spacial score (nSPS) is 22.2. The molecule has 2 amide bonds. The molecular formula is C18H21ClN4O2S. The highest BCUT2D eigenvalue weighted by molar-refractivity contribution is 7.15. The zero-order valence-electron chi connectivity index (χ0n) is 14.5. The van der Waals surface area contributed by atoms with Crippen LogP contribution in [0.1, 0.15) is 16.9 Å². The number of urea groups is 1. The summed E-state index contributed by atoms with van der Waals surface area (Å²) in [7, 11) is 2.11. The van der Waals surface area contributed by atoms with E-state index >= 15 is 0 Å². The Hall–Kier alpha value is -1.67. The molecule has 26 heavy (non-hydrogen) atoms. The molecule has 0 bridgehead atoms. The molecule has 0 radical (unpaired) electrons. The van der Waals surface area contributed by atoms with Crippen molar-refractivity contribution in [3.8, 4) is 0 Å². The molecule has 2 aromatic rings. The number of benzene rings is 1. The fourth-order valence-electron chi connectivity index (χ4n) is 4.00. The number of fused-ring (bicyclic) bond motifs is 2. The summed E-state index contributed by atoms with van der Waals surface area (Å²) in [5, 5.41) is 13.2. The fourth-order valence-corrected chi connectivity index (χ4v) is 4.96. The van der Waals surface area contributed by atoms with Crippen LogP contribution in [0.2, 0.25) is 5.02 Å². The molecule has 138 valence electrons. The van der Waals surface area contributed by atoms with Crippen molar-refractivity contribution in [2.24, 2.45) is 0 Å². The lowest BCUT2D eigenvalue weighted by Crippen LogP contribution is -2.40. The first-order chi connectivity index (χ1) is 12.5. The van der Waals surface area contributed by atoms with Crippen LogP contribution in [0.4, 0.5) is 15.6 Å². The van der Waals surface area contributed by atoms with Crippen LogP contribution < -0.4 is 10.2 Å². The Kier molecular flexibility index (Phi) is 4.64. The predicted molar refractivity (Wildman–Crippen MR) is 105 cm³/mol. The van der Waals surface area contributed by atoms with Gasteiger partial charge in [-0.05, 0) is 43.8 Å². The first-order valence-corrected chi connectivity index (χ1v) is 9.83. The van der Waals surface area contributed by atoms with Crippen molar-refractivity contribution in [1.82, 2.24) is 9.88 Å². The Morgan fingerprint density at radius 1 is 1.46 bits per heavy atom. The summed E-state index contributed by atoms with van der Waals surface area (Å²) in [4.78, 5) is 22.2. The number of hydrogen-bond acceptors (Lipinski definition) is 5. The average Bonchev–Trinajstić information content (AvgIpc) is 3.28. The molecule has 1 atom stereocenters. The fraction of sp³-hybridized carbons (Fsp3) is 0.444. The molecule has 2 aliphatic rings. The lowest BCUT2D eigenvalue weighted by atomic mass is 9.81. The third-order valence-electron chi connectivity index (χ3n) is 5.20. The molecule has 1 saturated heterocycles. The van der Waals surface area contributed by atoms with E-state index in [1.54, 1.807) is 11.1 Å². The topological polar surface area (TPSA) is 68.7 Å². The molecule has 6 nitrogen and oxygen atoms in total. The monoisotopic (exact) mass is 392 g/mol. The van der Waals surface area contributed by atoms with Crippen molar-refractivity contribution >= 4 is 39.8 Å². The number of amides is 2. The second kappa shape index (κ2) is 6.81. The van der Waals surface area contributed by atoms with Crippen molar-refractivity contribution in [3.05, 3.63) is 39.9 Å². The van der Waals surface area contributed by atoms with Crippen molar-refractivity contribution in [2.75, 3.05) is 43.5 Å². The zero-order chi connectivity index (χ0) is 18.3. The molecule has 1 aromatic carbocycles. The van der Waals surface area contributed by atoms with E-state index in [0.29, 0.717) is 23.1 Å². The van der Waals surface area contributed by atoms with Crippen LogP contribution in [0.5, 0.6) is 0 Å². The lowest BCUT2D eigenvalue weighted by Gasteiger charge is -2.25. The summed E-state index contributed by atoms with van der Waals surface area (Å²) < 4.78 is 0. The molecule has 4 rings (SSSR count). The number of aliphatic hydroxyl groups excluding tert-OH is 1. The summed E-state index contributed by atoms with van der Waals surface area (Å²) in [5.74, 6) is 0. The Morgan fingerprint density at radius 2 is 2.31 bits per heavy atom. The molecule has 3 heterocycles. The molecule has 2 aliphatic heterocycles. The first kappa shape index (κ1) is 17.7. The van der Waals surface area contributed by atoms with E-state index in [-0.39, 0.29) is 18.1 Å². The third kappa shape index (κ3) is 3.09. The van der Waals surface area contributed by atoms with E-state index < -0.39 is 0 Å². The van der Waals surface area contributed by atoms with Crippen LogP contribution >= 0.6 is 22.9 Å². The second-order valence-corrected chi connectivity index (χ2v) is 8.60. The van der Waals surface area contributed by atoms with Crippen LogP contribution in [0.25, 0.3) is 0 Å². The SMILES string of the molecule is CN1CCC2(C1)CN(C(=O)Nc1ncc(CCO)s1)c1ccc(Cl)cc12. The standard InChI is InChI=1S/C18H21ClN4O2S/c1-22-6-5-18(10-22)11-23(15-3-2-12(19)8-14(15)18)17(25)21-16-20-9-13(26-16)4-7-24/h2-3,8-9,24H,4-7,10-11H2,1H3,(H,20,21,25). The number of likely N-dealkylation sites (tertiary alicyclic amines) is 1. The van der Waals surface area contributed by atoms with Crippen LogP contribution in [0.3, 0.4) is 0 Å². The van der Waals surface area contributed by atoms with Gasteiger partial charge in [0.05, 0.1) is 0 Å². The molecule has 8 heteroatoms. The van der Waals surface area contributed by atoms with Crippen molar-refractivity contribution in [1.29, 1.82) is 0 Å². The van der Waals surface area contributed by atoms with E-state index in [2.05, 4.69) is 22.2 Å². The van der Waals surface area contributed by atoms with E-state index in [4.69, 9.17) is 16.7 Å². The van der Waals surface area contributed by atoms with Crippen LogP contribution in [0.15, 0.2) is 24.4 Å². The van der Waals surface area contributed by atoms with Gasteiger partial charge in [0.25, 0.3) is 0 Å². The van der Waals surface area contributed by atoms with Gasteiger partial charge in [0.2, 0.25) is 0 Å². The van der Waals surface area contributed by atoms with Crippen molar-refractivity contribution < 1.29 is 9.90 Å². The summed E-state index contributed by atoms with van der Waals surface area (Å²) in [6, 6.07) is 5.60. The lowest BCUT2D eigenvalue weighted by molar-refractivity contribution is 0.256. The third-order valence-corrected chi connectivity index (χ3v) is 6.40. The Bertz CT molecular complexity index is 842. The molecule has 0 saturated carbocycles. The maximum absolute atomic E-state index is 12.9. The highest BCUT2D eigenvalue weighted by Crippen LogP contribution is 2.47. The molecule has 1 unspecified atom stereocenters. The van der Waals surface area contributed by atoms with Crippen molar-refractivity contribution in [2.45, 2.75) is 18.3 Å². The number of hydrogen-bond donors (Lipinski definition) is 2. The highest BCUT2D eigenvalue weighted by Gasteiger charge is 2.48. The van der Waals surface area contributed by atoms with Gasteiger partial charge in [-0.1, -0.05) is 11.6 Å². The van der Waals surface area contributed by atoms with Gasteiger partial charge >= 0.3 is 6.03 Å². The predicted octanol–water partition coefficient (Wildman–Crippen LogP) is 2.96. The van der Waals surface area contributed by atoms with Crippen LogP contribution in [-0.2, 0) is 11.8 Å². The molecule has 1 fully saturated rings. The van der Waals surface area contributed by atoms with Gasteiger partial charge in [-0.3, -0.25) is 10.2 Å². The summed E-state index contributed by atoms with van der Waals surface area (Å²) in [5.41, 5.74) is 2.02. The summed E-state index contributed by atoms with van der Waals surface area (Å²) in [6.07, 6.45) is 3.26. The highest BCUT2D eigenvalue weighted by atomic mass is 35.5. The molecule has 2 N–H and O–H groups in total. The average molecular weight is 393 g/mol. The van der Waals surface area contributed by atoms with Gasteiger partial charge in [-0.25, -0.2) is 9.78 Å². The molecular weight excluding hydrogens is 372 g/mol. The van der Waals surface area contributed by atoms with E-state index in [1.807, 2.05) is 18.2 Å². The number of likely N-dealkylation sites (N-methyl/N-ethyl adjacent to an activating group) is 1. The number of carbonyl (C=O) groups is 1. The number of halogens is 1. The maximum Gasteiger partial charge on any atom is 0.328 e. The smallest absolute Gasteiger partial charge is 0.328 e. The second-order valence-electron chi connectivity index (χ2n) is 7.05. The minimum absolute atomic E-state index is 0.0583. The first-order valence-electron chi connectivity index (χ1n) is 8.63. The molecule has 1 aromatic heterocycles. The quantitative estimate of drug-likeness (QED) is 0.842. The summed E-state index contributed by atoms with van der Waals surface area (Å²) >= 11 is 7.64. The molecule has 1 spiro atoms. The number of carbonyl (C=O) groups excluding carboxylic acids is 1. The van der Waals surface area contributed by atoms with Gasteiger partial charge in [-0.15, -0.1) is 11.3 Å². The van der Waals surface area contributed by atoms with Gasteiger partial charge in [-0.2, -0.15) is 0 Å². The van der Waals surface area contributed by atoms with Crippen LogP contribution in [-0.4, -0.2) is 54.3 Å². The Labute approximate surface area is 161 Å². The zero-order valence-corrected chi connectivity index (χ0v) is 16.1.